The van der Waals surface area contributed by atoms with Gasteiger partial charge in [0.1, 0.15) is 17.3 Å². The summed E-state index contributed by atoms with van der Waals surface area (Å²) in [6.07, 6.45) is 4.15. The lowest BCUT2D eigenvalue weighted by Gasteiger charge is -2.34. The Bertz CT molecular complexity index is 652. The number of rotatable bonds is 4. The van der Waals surface area contributed by atoms with Crippen LogP contribution in [0.15, 0.2) is 6.07 Å². The van der Waals surface area contributed by atoms with E-state index in [0.717, 1.165) is 18.7 Å². The highest BCUT2D eigenvalue weighted by Crippen LogP contribution is 2.19. The first-order valence-corrected chi connectivity index (χ1v) is 9.40. The largest absolute Gasteiger partial charge is 0.450 e. The van der Waals surface area contributed by atoms with Crippen molar-refractivity contribution in [3.63, 3.8) is 0 Å². The highest BCUT2D eigenvalue weighted by Gasteiger charge is 2.24. The van der Waals surface area contributed by atoms with E-state index in [1.165, 1.54) is 12.8 Å². The summed E-state index contributed by atoms with van der Waals surface area (Å²) in [5, 5.41) is 3.07. The number of amides is 2. The van der Waals surface area contributed by atoms with E-state index in [0.29, 0.717) is 44.3 Å². The Morgan fingerprint density at radius 2 is 1.88 bits per heavy atom. The Hall–Kier alpha value is -2.38. The maximum absolute atomic E-state index is 12.5. The van der Waals surface area contributed by atoms with Gasteiger partial charge in [-0.3, -0.25) is 4.79 Å². The Morgan fingerprint density at radius 3 is 2.54 bits per heavy atom. The molecule has 2 fully saturated rings. The molecule has 1 saturated carbocycles. The van der Waals surface area contributed by atoms with Crippen LogP contribution in [0.1, 0.15) is 48.9 Å². The van der Waals surface area contributed by atoms with Gasteiger partial charge in [0, 0.05) is 38.3 Å². The lowest BCUT2D eigenvalue weighted by molar-refractivity contribution is 0.0932. The van der Waals surface area contributed by atoms with Gasteiger partial charge in [-0.1, -0.05) is 12.8 Å². The van der Waals surface area contributed by atoms with Gasteiger partial charge >= 0.3 is 6.09 Å². The molecule has 0 radical (unpaired) electrons. The third-order valence-electron chi connectivity index (χ3n) is 4.88. The van der Waals surface area contributed by atoms with Crippen molar-refractivity contribution < 1.29 is 14.3 Å². The average molecular weight is 361 g/mol. The predicted molar refractivity (Wildman–Crippen MR) is 97.3 cm³/mol. The summed E-state index contributed by atoms with van der Waals surface area (Å²) in [7, 11) is 0. The van der Waals surface area contributed by atoms with Gasteiger partial charge in [0.15, 0.2) is 0 Å². The van der Waals surface area contributed by atoms with E-state index in [1.54, 1.807) is 24.8 Å². The highest BCUT2D eigenvalue weighted by molar-refractivity contribution is 5.93. The van der Waals surface area contributed by atoms with E-state index < -0.39 is 0 Å². The molecule has 1 aromatic heterocycles. The zero-order chi connectivity index (χ0) is 18.5. The van der Waals surface area contributed by atoms with Crippen LogP contribution >= 0.6 is 0 Å². The first-order chi connectivity index (χ1) is 12.6. The van der Waals surface area contributed by atoms with E-state index in [9.17, 15) is 9.59 Å². The summed E-state index contributed by atoms with van der Waals surface area (Å²) in [6.45, 7) is 6.43. The lowest BCUT2D eigenvalue weighted by Crippen LogP contribution is -2.49. The second kappa shape index (κ2) is 8.33. The van der Waals surface area contributed by atoms with Crippen LogP contribution in [0.25, 0.3) is 0 Å². The number of aromatic nitrogens is 2. The Morgan fingerprint density at radius 1 is 1.19 bits per heavy atom. The number of anilines is 1. The van der Waals surface area contributed by atoms with Crippen molar-refractivity contribution in [1.29, 1.82) is 0 Å². The zero-order valence-corrected chi connectivity index (χ0v) is 15.5. The van der Waals surface area contributed by atoms with Gasteiger partial charge in [-0.15, -0.1) is 0 Å². The molecule has 1 aliphatic heterocycles. The average Bonchev–Trinajstić information content (AvgIpc) is 3.14. The van der Waals surface area contributed by atoms with Crippen LogP contribution in [0.5, 0.6) is 0 Å². The molecule has 0 unspecified atom stereocenters. The Balaban J connectivity index is 1.64. The van der Waals surface area contributed by atoms with Gasteiger partial charge < -0.3 is 19.9 Å². The van der Waals surface area contributed by atoms with Crippen molar-refractivity contribution in [1.82, 2.24) is 20.2 Å². The summed E-state index contributed by atoms with van der Waals surface area (Å²) >= 11 is 0. The number of carbonyl (C=O) groups excluding carboxylic acids is 2. The monoisotopic (exact) mass is 361 g/mol. The normalized spacial score (nSPS) is 18.1. The fourth-order valence-electron chi connectivity index (χ4n) is 3.49. The molecule has 1 aromatic rings. The third kappa shape index (κ3) is 4.42. The molecular weight excluding hydrogens is 334 g/mol. The summed E-state index contributed by atoms with van der Waals surface area (Å²) < 4.78 is 5.05. The van der Waals surface area contributed by atoms with E-state index in [4.69, 9.17) is 4.74 Å². The molecule has 0 atom stereocenters. The maximum atomic E-state index is 12.5. The number of nitrogens with zero attached hydrogens (tertiary/aromatic N) is 4. The predicted octanol–water partition coefficient (Wildman–Crippen LogP) is 1.74. The highest BCUT2D eigenvalue weighted by atomic mass is 16.6. The summed E-state index contributed by atoms with van der Waals surface area (Å²) in [6, 6.07) is 2.01. The van der Waals surface area contributed by atoms with Crippen LogP contribution in [0.2, 0.25) is 0 Å². The minimum atomic E-state index is -0.275. The molecular formula is C18H27N5O3. The summed E-state index contributed by atoms with van der Waals surface area (Å²) in [5.74, 6) is 1.18. The fourth-order valence-corrected chi connectivity index (χ4v) is 3.49. The molecule has 142 valence electrons. The minimum absolute atomic E-state index is 0.131. The number of hydrogen-bond acceptors (Lipinski definition) is 6. The van der Waals surface area contributed by atoms with Gasteiger partial charge in [-0.05, 0) is 26.7 Å². The molecule has 0 bridgehead atoms. The van der Waals surface area contributed by atoms with Crippen molar-refractivity contribution in [3.05, 3.63) is 17.6 Å². The first kappa shape index (κ1) is 18.4. The summed E-state index contributed by atoms with van der Waals surface area (Å²) in [4.78, 5) is 36.9. The quantitative estimate of drug-likeness (QED) is 0.879. The van der Waals surface area contributed by atoms with Gasteiger partial charge in [-0.25, -0.2) is 14.8 Å². The zero-order valence-electron chi connectivity index (χ0n) is 15.5. The van der Waals surface area contributed by atoms with Crippen LogP contribution in [0, 0.1) is 6.92 Å². The lowest BCUT2D eigenvalue weighted by atomic mass is 10.2. The van der Waals surface area contributed by atoms with Crippen molar-refractivity contribution >= 4 is 17.8 Å². The number of aryl methyl sites for hydroxylation is 1. The van der Waals surface area contributed by atoms with Crippen molar-refractivity contribution in [2.24, 2.45) is 0 Å². The van der Waals surface area contributed by atoms with Crippen molar-refractivity contribution in [2.75, 3.05) is 37.7 Å². The van der Waals surface area contributed by atoms with E-state index >= 15 is 0 Å². The van der Waals surface area contributed by atoms with Crippen LogP contribution in [-0.4, -0.2) is 65.7 Å². The van der Waals surface area contributed by atoms with Gasteiger partial charge in [-0.2, -0.15) is 0 Å². The van der Waals surface area contributed by atoms with Crippen molar-refractivity contribution in [3.8, 4) is 0 Å². The smallest absolute Gasteiger partial charge is 0.409 e. The minimum Gasteiger partial charge on any atom is -0.450 e. The second-order valence-corrected chi connectivity index (χ2v) is 6.79. The van der Waals surface area contributed by atoms with Crippen LogP contribution in [0.4, 0.5) is 10.6 Å². The molecule has 8 nitrogen and oxygen atoms in total. The number of nitrogens with one attached hydrogen (secondary N) is 1. The molecule has 1 N–H and O–H groups in total. The maximum Gasteiger partial charge on any atom is 0.409 e. The first-order valence-electron chi connectivity index (χ1n) is 9.40. The van der Waals surface area contributed by atoms with Crippen molar-refractivity contribution in [2.45, 2.75) is 45.6 Å². The molecule has 2 amide bonds. The van der Waals surface area contributed by atoms with E-state index in [2.05, 4.69) is 20.2 Å². The molecule has 2 aliphatic rings. The van der Waals surface area contributed by atoms with Gasteiger partial charge in [0.2, 0.25) is 0 Å². The number of piperazine rings is 1. The van der Waals surface area contributed by atoms with Crippen LogP contribution < -0.4 is 10.2 Å². The molecule has 3 rings (SSSR count). The van der Waals surface area contributed by atoms with Gasteiger partial charge in [0.05, 0.1) is 6.61 Å². The SMILES string of the molecule is CCOC(=O)N1CCN(c2cc(C(=O)NC3CCCC3)nc(C)n2)CC1. The molecule has 2 heterocycles. The topological polar surface area (TPSA) is 87.7 Å². The Kier molecular flexibility index (Phi) is 5.90. The summed E-state index contributed by atoms with van der Waals surface area (Å²) in [5.41, 5.74) is 0.409. The Labute approximate surface area is 153 Å². The second-order valence-electron chi connectivity index (χ2n) is 6.79. The molecule has 1 aliphatic carbocycles. The van der Waals surface area contributed by atoms with E-state index in [-0.39, 0.29) is 18.0 Å². The molecule has 1 saturated heterocycles. The number of hydrogen-bond donors (Lipinski definition) is 1. The molecule has 0 spiro atoms. The number of ether oxygens (including phenoxy) is 1. The fraction of sp³-hybridized carbons (Fsp3) is 0.667. The molecule has 0 aromatic carbocycles. The molecule has 8 heteroatoms. The standard InChI is InChI=1S/C18H27N5O3/c1-3-26-18(25)23-10-8-22(9-11-23)16-12-15(19-13(2)20-16)17(24)21-14-6-4-5-7-14/h12,14H,3-11H2,1-2H3,(H,21,24). The van der Waals surface area contributed by atoms with Crippen LogP contribution in [-0.2, 0) is 4.74 Å². The van der Waals surface area contributed by atoms with Crippen LogP contribution in [0.3, 0.4) is 0 Å². The third-order valence-corrected chi connectivity index (χ3v) is 4.88. The van der Waals surface area contributed by atoms with E-state index in [1.807, 2.05) is 0 Å². The molecule has 26 heavy (non-hydrogen) atoms. The van der Waals surface area contributed by atoms with Gasteiger partial charge in [0.25, 0.3) is 5.91 Å². The number of carbonyl (C=O) groups is 2.